The van der Waals surface area contributed by atoms with Crippen molar-refractivity contribution >= 4 is 37.1 Å². The Morgan fingerprint density at radius 3 is 2.78 bits per heavy atom. The van der Waals surface area contributed by atoms with Gasteiger partial charge in [-0.1, -0.05) is 31.2 Å². The van der Waals surface area contributed by atoms with Gasteiger partial charge in [0.1, 0.15) is 5.65 Å². The first-order valence-corrected chi connectivity index (χ1v) is 11.4. The fourth-order valence-corrected chi connectivity index (χ4v) is 5.33. The van der Waals surface area contributed by atoms with E-state index in [1.165, 1.54) is 11.8 Å². The molecular formula is C13H19ClN2SSi. The van der Waals surface area contributed by atoms with Crippen molar-refractivity contribution in [3.8, 4) is 0 Å². The van der Waals surface area contributed by atoms with Gasteiger partial charge in [-0.15, -0.1) is 0 Å². The van der Waals surface area contributed by atoms with Crippen molar-refractivity contribution in [3.05, 3.63) is 35.2 Å². The van der Waals surface area contributed by atoms with E-state index in [2.05, 4.69) is 30.8 Å². The van der Waals surface area contributed by atoms with Crippen LogP contribution in [-0.2, 0) is 5.75 Å². The zero-order chi connectivity index (χ0) is 13.2. The molecular weight excluding hydrogens is 280 g/mol. The van der Waals surface area contributed by atoms with Crippen molar-refractivity contribution < 1.29 is 0 Å². The van der Waals surface area contributed by atoms with Crippen molar-refractivity contribution in [1.29, 1.82) is 0 Å². The molecule has 18 heavy (non-hydrogen) atoms. The largest absolute Gasteiger partial charge is 0.305 e. The summed E-state index contributed by atoms with van der Waals surface area (Å²) < 4.78 is 2.00. The lowest BCUT2D eigenvalue weighted by Crippen LogP contribution is -2.19. The van der Waals surface area contributed by atoms with Gasteiger partial charge in [-0.2, -0.15) is 11.8 Å². The van der Waals surface area contributed by atoms with E-state index in [0.29, 0.717) is 0 Å². The Labute approximate surface area is 119 Å². The molecule has 0 aliphatic rings. The summed E-state index contributed by atoms with van der Waals surface area (Å²) in [5.74, 6) is 2.23. The Hall–Kier alpha value is -0.453. The molecule has 0 saturated heterocycles. The van der Waals surface area contributed by atoms with Gasteiger partial charge in [0.05, 0.1) is 10.7 Å². The smallest absolute Gasteiger partial charge is 0.137 e. The number of pyridine rings is 1. The summed E-state index contributed by atoms with van der Waals surface area (Å²) in [6, 6.07) is 5.21. The van der Waals surface area contributed by atoms with E-state index >= 15 is 0 Å². The van der Waals surface area contributed by atoms with Crippen LogP contribution in [0.2, 0.25) is 30.7 Å². The average Bonchev–Trinajstić information content (AvgIpc) is 2.65. The van der Waals surface area contributed by atoms with Gasteiger partial charge in [0, 0.05) is 26.2 Å². The van der Waals surface area contributed by atoms with Gasteiger partial charge in [0.15, 0.2) is 0 Å². The van der Waals surface area contributed by atoms with Gasteiger partial charge < -0.3 is 4.40 Å². The van der Waals surface area contributed by atoms with Crippen molar-refractivity contribution in [3.63, 3.8) is 0 Å². The first-order chi connectivity index (χ1) is 8.44. The number of rotatable bonds is 5. The van der Waals surface area contributed by atoms with Crippen molar-refractivity contribution in [2.75, 3.05) is 5.75 Å². The fraction of sp³-hybridized carbons (Fsp3) is 0.462. The number of hydrogen-bond acceptors (Lipinski definition) is 2. The third kappa shape index (κ3) is 4.04. The molecule has 0 aliphatic carbocycles. The first kappa shape index (κ1) is 14.0. The molecule has 0 unspecified atom stereocenters. The number of thioether (sulfide) groups is 1. The minimum absolute atomic E-state index is 0.748. The quantitative estimate of drug-likeness (QED) is 0.595. The van der Waals surface area contributed by atoms with Gasteiger partial charge in [-0.3, -0.25) is 0 Å². The zero-order valence-corrected chi connectivity index (χ0v) is 13.7. The van der Waals surface area contributed by atoms with Crippen LogP contribution < -0.4 is 0 Å². The van der Waals surface area contributed by atoms with Crippen LogP contribution in [0.15, 0.2) is 24.5 Å². The molecule has 0 fully saturated rings. The predicted octanol–water partition coefficient (Wildman–Crippen LogP) is 4.56. The molecule has 0 aromatic carbocycles. The number of fused-ring (bicyclic) bond motifs is 1. The highest BCUT2D eigenvalue weighted by atomic mass is 35.5. The maximum Gasteiger partial charge on any atom is 0.137 e. The standard InChI is InChI=1S/C13H19ClN2SSi/c1-18(2,3)7-6-17-10-12-9-16-8-11(14)4-5-13(16)15-12/h4-5,8-9H,6-7,10H2,1-3H3. The Bertz CT molecular complexity index is 533. The summed E-state index contributed by atoms with van der Waals surface area (Å²) in [5.41, 5.74) is 2.11. The first-order valence-electron chi connectivity index (χ1n) is 6.15. The Morgan fingerprint density at radius 2 is 2.06 bits per heavy atom. The lowest BCUT2D eigenvalue weighted by molar-refractivity contribution is 1.18. The predicted molar refractivity (Wildman–Crippen MR) is 84.5 cm³/mol. The minimum Gasteiger partial charge on any atom is -0.305 e. The van der Waals surface area contributed by atoms with E-state index in [-0.39, 0.29) is 0 Å². The maximum absolute atomic E-state index is 5.96. The summed E-state index contributed by atoms with van der Waals surface area (Å²) >= 11 is 7.93. The molecule has 0 spiro atoms. The monoisotopic (exact) mass is 298 g/mol. The summed E-state index contributed by atoms with van der Waals surface area (Å²) in [6.07, 6.45) is 3.98. The van der Waals surface area contributed by atoms with Crippen LogP contribution in [-0.4, -0.2) is 23.2 Å². The number of aromatic nitrogens is 2. The third-order valence-electron chi connectivity index (χ3n) is 2.71. The minimum atomic E-state index is -0.899. The molecule has 2 nitrogen and oxygen atoms in total. The molecule has 2 aromatic heterocycles. The van der Waals surface area contributed by atoms with Crippen LogP contribution in [0.3, 0.4) is 0 Å². The zero-order valence-electron chi connectivity index (χ0n) is 11.1. The molecule has 0 aliphatic heterocycles. The van der Waals surface area contributed by atoms with E-state index in [9.17, 15) is 0 Å². The summed E-state index contributed by atoms with van der Waals surface area (Å²) in [6.45, 7) is 7.25. The number of hydrogen-bond donors (Lipinski definition) is 0. The van der Waals surface area contributed by atoms with E-state index in [0.717, 1.165) is 22.1 Å². The topological polar surface area (TPSA) is 17.3 Å². The van der Waals surface area contributed by atoms with Gasteiger partial charge in [0.2, 0.25) is 0 Å². The van der Waals surface area contributed by atoms with Crippen LogP contribution in [0.25, 0.3) is 5.65 Å². The van der Waals surface area contributed by atoms with Gasteiger partial charge >= 0.3 is 0 Å². The van der Waals surface area contributed by atoms with E-state index in [1.807, 2.05) is 34.5 Å². The molecule has 0 saturated carbocycles. The summed E-state index contributed by atoms with van der Waals surface area (Å²) in [7, 11) is -0.899. The highest BCUT2D eigenvalue weighted by Crippen LogP contribution is 2.18. The molecule has 0 bridgehead atoms. The van der Waals surface area contributed by atoms with Gasteiger partial charge in [-0.05, 0) is 23.9 Å². The fourth-order valence-electron chi connectivity index (χ4n) is 1.64. The molecule has 0 amide bonds. The summed E-state index contributed by atoms with van der Waals surface area (Å²) in [4.78, 5) is 4.58. The van der Waals surface area contributed by atoms with E-state index in [1.54, 1.807) is 0 Å². The second-order valence-corrected chi connectivity index (χ2v) is 12.9. The Morgan fingerprint density at radius 1 is 1.28 bits per heavy atom. The molecule has 2 heterocycles. The highest BCUT2D eigenvalue weighted by Gasteiger charge is 2.12. The highest BCUT2D eigenvalue weighted by molar-refractivity contribution is 7.98. The van der Waals surface area contributed by atoms with Gasteiger partial charge in [0.25, 0.3) is 0 Å². The Kier molecular flexibility index (Phi) is 4.40. The van der Waals surface area contributed by atoms with Crippen molar-refractivity contribution in [2.45, 2.75) is 31.4 Å². The SMILES string of the molecule is C[Si](C)(C)CCSCc1cn2cc(Cl)ccc2n1. The number of nitrogens with zero attached hydrogens (tertiary/aromatic N) is 2. The average molecular weight is 299 g/mol. The molecule has 0 radical (unpaired) electrons. The van der Waals surface area contributed by atoms with Crippen LogP contribution in [0, 0.1) is 0 Å². The lowest BCUT2D eigenvalue weighted by atomic mass is 10.5. The molecule has 2 rings (SSSR count). The van der Waals surface area contributed by atoms with Crippen LogP contribution >= 0.6 is 23.4 Å². The van der Waals surface area contributed by atoms with Crippen LogP contribution in [0.1, 0.15) is 5.69 Å². The second kappa shape index (κ2) is 5.68. The second-order valence-electron chi connectivity index (χ2n) is 5.71. The van der Waals surface area contributed by atoms with Crippen LogP contribution in [0.5, 0.6) is 0 Å². The number of halogens is 1. The third-order valence-corrected chi connectivity index (χ3v) is 6.04. The molecule has 2 aromatic rings. The van der Waals surface area contributed by atoms with Crippen molar-refractivity contribution in [2.24, 2.45) is 0 Å². The van der Waals surface area contributed by atoms with E-state index < -0.39 is 8.07 Å². The van der Waals surface area contributed by atoms with Crippen molar-refractivity contribution in [1.82, 2.24) is 9.38 Å². The number of imidazole rings is 1. The lowest BCUT2D eigenvalue weighted by Gasteiger charge is -2.14. The molecule has 98 valence electrons. The van der Waals surface area contributed by atoms with Crippen LogP contribution in [0.4, 0.5) is 0 Å². The van der Waals surface area contributed by atoms with Gasteiger partial charge in [-0.25, -0.2) is 4.98 Å². The molecule has 0 atom stereocenters. The molecule has 0 N–H and O–H groups in total. The summed E-state index contributed by atoms with van der Waals surface area (Å²) in [5, 5.41) is 0.748. The van der Waals surface area contributed by atoms with E-state index in [4.69, 9.17) is 11.6 Å². The Balaban J connectivity index is 1.92. The normalized spacial score (nSPS) is 12.2. The molecule has 5 heteroatoms. The maximum atomic E-state index is 5.96.